The van der Waals surface area contributed by atoms with Gasteiger partial charge in [-0.2, -0.15) is 5.10 Å². The summed E-state index contributed by atoms with van der Waals surface area (Å²) in [6.07, 6.45) is 4.49. The molecule has 0 aliphatic carbocycles. The molecule has 1 atom stereocenters. The smallest absolute Gasteiger partial charge is 0.319 e. The van der Waals surface area contributed by atoms with E-state index in [1.54, 1.807) is 24.9 Å². The molecule has 0 spiro atoms. The molecule has 0 saturated heterocycles. The van der Waals surface area contributed by atoms with Gasteiger partial charge in [-0.05, 0) is 6.92 Å². The molecular weight excluding hydrogens is 276 g/mol. The molecule has 2 rings (SSSR count). The zero-order valence-electron chi connectivity index (χ0n) is 11.6. The van der Waals surface area contributed by atoms with E-state index in [4.69, 9.17) is 5.73 Å². The summed E-state index contributed by atoms with van der Waals surface area (Å²) in [5.41, 5.74) is 5.51. The molecule has 0 unspecified atom stereocenters. The van der Waals surface area contributed by atoms with Crippen molar-refractivity contribution >= 4 is 17.6 Å². The number of nitrogens with one attached hydrogen (secondary N) is 2. The van der Waals surface area contributed by atoms with Crippen molar-refractivity contribution in [2.24, 2.45) is 12.8 Å². The van der Waals surface area contributed by atoms with E-state index in [0.717, 1.165) is 0 Å². The molecule has 0 radical (unpaired) electrons. The first-order valence-electron chi connectivity index (χ1n) is 6.18. The predicted octanol–water partition coefficient (Wildman–Crippen LogP) is -0.620. The van der Waals surface area contributed by atoms with Gasteiger partial charge < -0.3 is 20.9 Å². The Bertz CT molecular complexity index is 646. The molecule has 2 heterocycles. The van der Waals surface area contributed by atoms with Crippen molar-refractivity contribution in [3.05, 3.63) is 24.5 Å². The van der Waals surface area contributed by atoms with Crippen molar-refractivity contribution in [2.75, 3.05) is 5.32 Å². The number of aromatic nitrogens is 5. The van der Waals surface area contributed by atoms with Crippen molar-refractivity contribution in [1.82, 2.24) is 29.9 Å². The first-order chi connectivity index (χ1) is 9.95. The van der Waals surface area contributed by atoms with Crippen LogP contribution in [0.15, 0.2) is 18.7 Å². The lowest BCUT2D eigenvalue weighted by atomic mass is 10.3. The van der Waals surface area contributed by atoms with E-state index in [1.807, 2.05) is 0 Å². The molecule has 0 aliphatic rings. The molecule has 0 fully saturated rings. The Labute approximate surface area is 120 Å². The monoisotopic (exact) mass is 292 g/mol. The molecule has 0 saturated carbocycles. The first kappa shape index (κ1) is 14.5. The lowest BCUT2D eigenvalue weighted by Gasteiger charge is -2.12. The average molecular weight is 292 g/mol. The van der Waals surface area contributed by atoms with E-state index in [2.05, 4.69) is 25.9 Å². The van der Waals surface area contributed by atoms with Crippen molar-refractivity contribution in [1.29, 1.82) is 0 Å². The summed E-state index contributed by atoms with van der Waals surface area (Å²) in [6.45, 7) is 1.75. The van der Waals surface area contributed by atoms with Crippen molar-refractivity contribution in [3.63, 3.8) is 0 Å². The number of rotatable bonds is 5. The number of hydrogen-bond acceptors (Lipinski definition) is 5. The van der Waals surface area contributed by atoms with Gasteiger partial charge in [-0.3, -0.25) is 9.48 Å². The van der Waals surface area contributed by atoms with Crippen molar-refractivity contribution in [2.45, 2.75) is 19.5 Å². The normalized spacial score (nSPS) is 11.9. The Morgan fingerprint density at radius 2 is 2.24 bits per heavy atom. The Morgan fingerprint density at radius 3 is 2.86 bits per heavy atom. The van der Waals surface area contributed by atoms with Crippen LogP contribution in [-0.4, -0.2) is 36.5 Å². The highest BCUT2D eigenvalue weighted by molar-refractivity contribution is 5.89. The van der Waals surface area contributed by atoms with Gasteiger partial charge in [-0.15, -0.1) is 10.2 Å². The standard InChI is InChI=1S/C11H16N8O2/c1-7(10-17-13-6-18(10)2)15-11(21)16-8-3-14-19(4-8)5-9(12)20/h3-4,6-7H,5H2,1-2H3,(H2,12,20)(H2,15,16,21)/t7-/m0/s1. The van der Waals surface area contributed by atoms with Crippen LogP contribution >= 0.6 is 0 Å². The molecule has 4 N–H and O–H groups in total. The predicted molar refractivity (Wildman–Crippen MR) is 73.0 cm³/mol. The molecular formula is C11H16N8O2. The van der Waals surface area contributed by atoms with Crippen LogP contribution in [0.5, 0.6) is 0 Å². The van der Waals surface area contributed by atoms with Crippen LogP contribution in [0, 0.1) is 0 Å². The summed E-state index contributed by atoms with van der Waals surface area (Å²) in [5, 5.41) is 16.9. The third-order valence-electron chi connectivity index (χ3n) is 2.69. The molecule has 0 bridgehead atoms. The number of anilines is 1. The number of hydrogen-bond donors (Lipinski definition) is 3. The molecule has 10 heteroatoms. The molecule has 2 aromatic heterocycles. The summed E-state index contributed by atoms with van der Waals surface area (Å²) in [5.74, 6) is 0.125. The fourth-order valence-corrected chi connectivity index (χ4v) is 1.79. The number of amides is 3. The van der Waals surface area contributed by atoms with Crippen LogP contribution in [0.1, 0.15) is 18.8 Å². The number of nitrogens with two attached hydrogens (primary N) is 1. The van der Waals surface area contributed by atoms with E-state index in [-0.39, 0.29) is 12.6 Å². The van der Waals surface area contributed by atoms with Crippen molar-refractivity contribution in [3.8, 4) is 0 Å². The van der Waals surface area contributed by atoms with Crippen LogP contribution in [0.4, 0.5) is 10.5 Å². The number of carbonyl (C=O) groups is 2. The molecule has 2 aromatic rings. The van der Waals surface area contributed by atoms with Gasteiger partial charge in [0.05, 0.1) is 17.9 Å². The van der Waals surface area contributed by atoms with E-state index >= 15 is 0 Å². The Morgan fingerprint density at radius 1 is 1.48 bits per heavy atom. The quantitative estimate of drug-likeness (QED) is 0.675. The van der Waals surface area contributed by atoms with Gasteiger partial charge in [0.25, 0.3) is 0 Å². The zero-order chi connectivity index (χ0) is 15.4. The number of urea groups is 1. The molecule has 3 amide bonds. The van der Waals surface area contributed by atoms with E-state index in [1.165, 1.54) is 17.1 Å². The SMILES string of the molecule is C[C@H](NC(=O)Nc1cnn(CC(N)=O)c1)c1nncn1C. The van der Waals surface area contributed by atoms with Crippen LogP contribution in [0.25, 0.3) is 0 Å². The number of primary amides is 1. The lowest BCUT2D eigenvalue weighted by molar-refractivity contribution is -0.118. The molecule has 10 nitrogen and oxygen atoms in total. The van der Waals surface area contributed by atoms with Crippen LogP contribution in [-0.2, 0) is 18.4 Å². The second-order valence-electron chi connectivity index (χ2n) is 4.51. The fraction of sp³-hybridized carbons (Fsp3) is 0.364. The summed E-state index contributed by atoms with van der Waals surface area (Å²) >= 11 is 0. The van der Waals surface area contributed by atoms with Crippen LogP contribution in [0.3, 0.4) is 0 Å². The molecule has 112 valence electrons. The Hall–Kier alpha value is -2.91. The molecule has 21 heavy (non-hydrogen) atoms. The van der Waals surface area contributed by atoms with Gasteiger partial charge in [0.2, 0.25) is 5.91 Å². The minimum absolute atomic E-state index is 0.0430. The third-order valence-corrected chi connectivity index (χ3v) is 2.69. The fourth-order valence-electron chi connectivity index (χ4n) is 1.79. The minimum atomic E-state index is -0.509. The summed E-state index contributed by atoms with van der Waals surface area (Å²) in [4.78, 5) is 22.6. The summed E-state index contributed by atoms with van der Waals surface area (Å²) in [7, 11) is 1.79. The van der Waals surface area contributed by atoms with E-state index < -0.39 is 11.9 Å². The highest BCUT2D eigenvalue weighted by Gasteiger charge is 2.14. The van der Waals surface area contributed by atoms with Gasteiger partial charge in [-0.1, -0.05) is 0 Å². The third kappa shape index (κ3) is 3.78. The number of aryl methyl sites for hydroxylation is 1. The summed E-state index contributed by atoms with van der Waals surface area (Å²) in [6, 6.07) is -0.720. The number of carbonyl (C=O) groups excluding carboxylic acids is 2. The minimum Gasteiger partial charge on any atom is -0.368 e. The molecule has 0 aromatic carbocycles. The Kier molecular flexibility index (Phi) is 4.16. The maximum absolute atomic E-state index is 11.9. The van der Waals surface area contributed by atoms with Gasteiger partial charge in [-0.25, -0.2) is 4.79 Å². The lowest BCUT2D eigenvalue weighted by Crippen LogP contribution is -2.32. The largest absolute Gasteiger partial charge is 0.368 e. The maximum Gasteiger partial charge on any atom is 0.319 e. The first-order valence-corrected chi connectivity index (χ1v) is 6.18. The second-order valence-corrected chi connectivity index (χ2v) is 4.51. The second kappa shape index (κ2) is 6.03. The highest BCUT2D eigenvalue weighted by atomic mass is 16.2. The van der Waals surface area contributed by atoms with Gasteiger partial charge in [0.1, 0.15) is 12.9 Å². The van der Waals surface area contributed by atoms with Gasteiger partial charge in [0, 0.05) is 13.2 Å². The topological polar surface area (TPSA) is 133 Å². The summed E-state index contributed by atoms with van der Waals surface area (Å²) < 4.78 is 3.06. The molecule has 0 aliphatic heterocycles. The highest BCUT2D eigenvalue weighted by Crippen LogP contribution is 2.09. The average Bonchev–Trinajstić information content (AvgIpc) is 2.97. The van der Waals surface area contributed by atoms with E-state index in [0.29, 0.717) is 11.5 Å². The maximum atomic E-state index is 11.9. The van der Waals surface area contributed by atoms with E-state index in [9.17, 15) is 9.59 Å². The number of nitrogens with zero attached hydrogens (tertiary/aromatic N) is 5. The Balaban J connectivity index is 1.91. The van der Waals surface area contributed by atoms with Gasteiger partial charge in [0.15, 0.2) is 5.82 Å². The van der Waals surface area contributed by atoms with Crippen LogP contribution < -0.4 is 16.4 Å². The van der Waals surface area contributed by atoms with Crippen LogP contribution in [0.2, 0.25) is 0 Å². The van der Waals surface area contributed by atoms with Crippen molar-refractivity contribution < 1.29 is 9.59 Å². The zero-order valence-corrected chi connectivity index (χ0v) is 11.6. The van der Waals surface area contributed by atoms with Gasteiger partial charge >= 0.3 is 6.03 Å².